The Hall–Kier alpha value is -2.28. The first kappa shape index (κ1) is 11.5. The number of hydrogen-bond donors (Lipinski definition) is 1. The average Bonchev–Trinajstić information content (AvgIpc) is 2.54. The number of hydrogen-bond acceptors (Lipinski definition) is 1. The van der Waals surface area contributed by atoms with E-state index in [0.717, 1.165) is 12.8 Å². The van der Waals surface area contributed by atoms with Crippen molar-refractivity contribution in [2.24, 2.45) is 0 Å². The maximum Gasteiger partial charge on any atom is 0.0517 e. The molecule has 0 amide bonds. The zero-order chi connectivity index (χ0) is 13.4. The van der Waals surface area contributed by atoms with Crippen LogP contribution in [0.4, 0.5) is 5.69 Å². The highest BCUT2D eigenvalue weighted by Crippen LogP contribution is 2.33. The van der Waals surface area contributed by atoms with E-state index in [2.05, 4.69) is 72.0 Å². The van der Waals surface area contributed by atoms with Crippen molar-refractivity contribution in [1.82, 2.24) is 0 Å². The lowest BCUT2D eigenvalue weighted by atomic mass is 9.92. The van der Waals surface area contributed by atoms with Gasteiger partial charge in [0.2, 0.25) is 0 Å². The molecule has 0 aromatic heterocycles. The molecule has 0 bridgehead atoms. The number of para-hydroxylation sites is 1. The van der Waals surface area contributed by atoms with Gasteiger partial charge in [-0.2, -0.15) is 0 Å². The summed E-state index contributed by atoms with van der Waals surface area (Å²) in [6, 6.07) is 24.4. The highest BCUT2D eigenvalue weighted by Gasteiger charge is 2.18. The van der Waals surface area contributed by atoms with Crippen LogP contribution in [0, 0.1) is 0 Å². The number of benzene rings is 3. The van der Waals surface area contributed by atoms with Gasteiger partial charge in [0.05, 0.1) is 6.04 Å². The van der Waals surface area contributed by atoms with E-state index in [1.54, 1.807) is 0 Å². The van der Waals surface area contributed by atoms with E-state index in [9.17, 15) is 0 Å². The van der Waals surface area contributed by atoms with Crippen molar-refractivity contribution in [2.45, 2.75) is 18.9 Å². The van der Waals surface area contributed by atoms with Crippen LogP contribution in [0.2, 0.25) is 0 Å². The van der Waals surface area contributed by atoms with Crippen molar-refractivity contribution in [1.29, 1.82) is 0 Å². The van der Waals surface area contributed by atoms with Gasteiger partial charge in [-0.25, -0.2) is 0 Å². The molecule has 0 unspecified atom stereocenters. The number of nitrogens with one attached hydrogen (secondary N) is 1. The van der Waals surface area contributed by atoms with Crippen LogP contribution in [0.1, 0.15) is 23.6 Å². The Kier molecular flexibility index (Phi) is 2.70. The number of anilines is 1. The Bertz CT molecular complexity index is 760. The van der Waals surface area contributed by atoms with E-state index in [1.165, 1.54) is 27.6 Å². The molecule has 1 aliphatic heterocycles. The number of rotatable bonds is 1. The lowest BCUT2D eigenvalue weighted by Crippen LogP contribution is -2.17. The largest absolute Gasteiger partial charge is 0.378 e. The molecule has 1 heterocycles. The Morgan fingerprint density at radius 3 is 2.55 bits per heavy atom. The van der Waals surface area contributed by atoms with E-state index < -0.39 is 0 Å². The van der Waals surface area contributed by atoms with Crippen LogP contribution < -0.4 is 5.32 Å². The van der Waals surface area contributed by atoms with Crippen LogP contribution in [0.25, 0.3) is 10.8 Å². The fraction of sp³-hybridized carbons (Fsp3) is 0.158. The molecule has 1 aliphatic rings. The van der Waals surface area contributed by atoms with Gasteiger partial charge in [-0.15, -0.1) is 0 Å². The van der Waals surface area contributed by atoms with Crippen LogP contribution in [0.15, 0.2) is 66.7 Å². The molecule has 0 aliphatic carbocycles. The molecule has 1 heteroatoms. The van der Waals surface area contributed by atoms with Gasteiger partial charge in [-0.1, -0.05) is 54.6 Å². The Labute approximate surface area is 119 Å². The maximum absolute atomic E-state index is 3.68. The Morgan fingerprint density at radius 2 is 1.60 bits per heavy atom. The first-order chi connectivity index (χ1) is 9.90. The van der Waals surface area contributed by atoms with Crippen LogP contribution in [-0.4, -0.2) is 0 Å². The van der Waals surface area contributed by atoms with Crippen LogP contribution in [0.3, 0.4) is 0 Å². The van der Waals surface area contributed by atoms with Crippen molar-refractivity contribution < 1.29 is 0 Å². The second kappa shape index (κ2) is 4.68. The Morgan fingerprint density at radius 1 is 0.800 bits per heavy atom. The van der Waals surface area contributed by atoms with Gasteiger partial charge in [0.15, 0.2) is 0 Å². The molecule has 0 spiro atoms. The van der Waals surface area contributed by atoms with Gasteiger partial charge in [0.25, 0.3) is 0 Å². The average molecular weight is 259 g/mol. The monoisotopic (exact) mass is 259 g/mol. The lowest BCUT2D eigenvalue weighted by molar-refractivity contribution is 0.668. The summed E-state index contributed by atoms with van der Waals surface area (Å²) >= 11 is 0. The summed E-state index contributed by atoms with van der Waals surface area (Å²) in [6.45, 7) is 0. The van der Waals surface area contributed by atoms with E-state index in [0.29, 0.717) is 6.04 Å². The van der Waals surface area contributed by atoms with Gasteiger partial charge >= 0.3 is 0 Å². The molecule has 1 nitrogen and oxygen atoms in total. The quantitative estimate of drug-likeness (QED) is 0.652. The predicted molar refractivity (Wildman–Crippen MR) is 85.1 cm³/mol. The Balaban J connectivity index is 1.70. The first-order valence-electron chi connectivity index (χ1n) is 7.23. The molecule has 0 fully saturated rings. The minimum atomic E-state index is 0.425. The number of aryl methyl sites for hydroxylation is 1. The molecule has 0 saturated carbocycles. The molecule has 4 rings (SSSR count). The second-order valence-electron chi connectivity index (χ2n) is 5.50. The molecule has 0 saturated heterocycles. The predicted octanol–water partition coefficient (Wildman–Crippen LogP) is 4.94. The first-order valence-corrected chi connectivity index (χ1v) is 7.23. The van der Waals surface area contributed by atoms with Gasteiger partial charge in [-0.05, 0) is 46.9 Å². The second-order valence-corrected chi connectivity index (χ2v) is 5.50. The van der Waals surface area contributed by atoms with Crippen molar-refractivity contribution in [3.8, 4) is 0 Å². The van der Waals surface area contributed by atoms with Crippen LogP contribution in [-0.2, 0) is 6.42 Å². The SMILES string of the molecule is c1ccc2c(c1)CC[C@@H](c1ccc3ccccc3c1)N2. The molecule has 0 radical (unpaired) electrons. The lowest BCUT2D eigenvalue weighted by Gasteiger charge is -2.27. The smallest absolute Gasteiger partial charge is 0.0517 e. The molecule has 20 heavy (non-hydrogen) atoms. The summed E-state index contributed by atoms with van der Waals surface area (Å²) in [5.74, 6) is 0. The third-order valence-corrected chi connectivity index (χ3v) is 4.23. The topological polar surface area (TPSA) is 12.0 Å². The van der Waals surface area contributed by atoms with Gasteiger partial charge in [0, 0.05) is 5.69 Å². The third kappa shape index (κ3) is 1.96. The summed E-state index contributed by atoms with van der Waals surface area (Å²) in [5.41, 5.74) is 4.11. The number of fused-ring (bicyclic) bond motifs is 2. The van der Waals surface area contributed by atoms with Crippen LogP contribution in [0.5, 0.6) is 0 Å². The molecular formula is C19H17N. The van der Waals surface area contributed by atoms with E-state index >= 15 is 0 Å². The summed E-state index contributed by atoms with van der Waals surface area (Å²) in [6.07, 6.45) is 2.32. The molecule has 3 aromatic rings. The van der Waals surface area contributed by atoms with E-state index in [1.807, 2.05) is 0 Å². The van der Waals surface area contributed by atoms with Crippen molar-refractivity contribution in [2.75, 3.05) is 5.32 Å². The zero-order valence-corrected chi connectivity index (χ0v) is 11.3. The summed E-state index contributed by atoms with van der Waals surface area (Å²) in [4.78, 5) is 0. The fourth-order valence-electron chi connectivity index (χ4n) is 3.11. The molecular weight excluding hydrogens is 242 g/mol. The van der Waals surface area contributed by atoms with Crippen molar-refractivity contribution in [3.63, 3.8) is 0 Å². The highest BCUT2D eigenvalue weighted by atomic mass is 14.9. The normalized spacial score (nSPS) is 17.5. The van der Waals surface area contributed by atoms with E-state index in [-0.39, 0.29) is 0 Å². The standard InChI is InChI=1S/C19H17N/c1-2-7-16-13-17(10-9-14(16)5-1)19-12-11-15-6-3-4-8-18(15)20-19/h1-10,13,19-20H,11-12H2/t19-/m0/s1. The van der Waals surface area contributed by atoms with Crippen molar-refractivity contribution in [3.05, 3.63) is 77.9 Å². The van der Waals surface area contributed by atoms with E-state index in [4.69, 9.17) is 0 Å². The maximum atomic E-state index is 3.68. The zero-order valence-electron chi connectivity index (χ0n) is 11.3. The molecule has 3 aromatic carbocycles. The van der Waals surface area contributed by atoms with Gasteiger partial charge in [0.1, 0.15) is 0 Å². The summed E-state index contributed by atoms with van der Waals surface area (Å²) < 4.78 is 0. The fourth-order valence-corrected chi connectivity index (χ4v) is 3.11. The molecule has 1 atom stereocenters. The molecule has 1 N–H and O–H groups in total. The third-order valence-electron chi connectivity index (χ3n) is 4.23. The minimum absolute atomic E-state index is 0.425. The summed E-state index contributed by atoms with van der Waals surface area (Å²) in [7, 11) is 0. The summed E-state index contributed by atoms with van der Waals surface area (Å²) in [5, 5.41) is 6.32. The van der Waals surface area contributed by atoms with Crippen LogP contribution >= 0.6 is 0 Å². The van der Waals surface area contributed by atoms with Gasteiger partial charge < -0.3 is 5.32 Å². The highest BCUT2D eigenvalue weighted by molar-refractivity contribution is 5.83. The molecule has 98 valence electrons. The van der Waals surface area contributed by atoms with Crippen molar-refractivity contribution >= 4 is 16.5 Å². The minimum Gasteiger partial charge on any atom is -0.378 e. The van der Waals surface area contributed by atoms with Gasteiger partial charge in [-0.3, -0.25) is 0 Å².